The van der Waals surface area contributed by atoms with E-state index in [9.17, 15) is 0 Å². The number of nitrogens with one attached hydrogen (secondary N) is 1. The molecule has 0 radical (unpaired) electrons. The molecule has 3 atom stereocenters. The van der Waals surface area contributed by atoms with E-state index in [-0.39, 0.29) is 6.10 Å². The van der Waals surface area contributed by atoms with Crippen molar-refractivity contribution in [1.82, 2.24) is 5.32 Å². The Morgan fingerprint density at radius 1 is 1.40 bits per heavy atom. The van der Waals surface area contributed by atoms with Crippen molar-refractivity contribution >= 4 is 0 Å². The Morgan fingerprint density at radius 3 is 2.80 bits per heavy atom. The van der Waals surface area contributed by atoms with E-state index in [2.05, 4.69) is 19.2 Å². The highest BCUT2D eigenvalue weighted by molar-refractivity contribution is 4.70. The maximum absolute atomic E-state index is 5.68. The summed E-state index contributed by atoms with van der Waals surface area (Å²) < 4.78 is 10.9. The van der Waals surface area contributed by atoms with Crippen molar-refractivity contribution in [3.05, 3.63) is 0 Å². The molecule has 1 aliphatic heterocycles. The second kappa shape index (κ2) is 7.20. The molecule has 0 aromatic heterocycles. The highest BCUT2D eigenvalue weighted by atomic mass is 16.5. The lowest BCUT2D eigenvalue weighted by Crippen LogP contribution is -2.38. The van der Waals surface area contributed by atoms with E-state index in [1.54, 1.807) is 7.11 Å². The average Bonchev–Trinajstić information content (AvgIpc) is 2.29. The van der Waals surface area contributed by atoms with Crippen LogP contribution in [0.4, 0.5) is 0 Å². The number of hydrogen-bond donors (Lipinski definition) is 1. The first kappa shape index (κ1) is 12.9. The van der Waals surface area contributed by atoms with Gasteiger partial charge in [0.05, 0.1) is 12.2 Å². The van der Waals surface area contributed by atoms with Gasteiger partial charge in [-0.3, -0.25) is 0 Å². The van der Waals surface area contributed by atoms with Crippen molar-refractivity contribution < 1.29 is 9.47 Å². The summed E-state index contributed by atoms with van der Waals surface area (Å²) in [6, 6.07) is 0.415. The number of rotatable bonds is 6. The van der Waals surface area contributed by atoms with Gasteiger partial charge in [-0.15, -0.1) is 0 Å². The van der Waals surface area contributed by atoms with E-state index in [1.807, 2.05) is 0 Å². The molecule has 1 saturated heterocycles. The van der Waals surface area contributed by atoms with Crippen LogP contribution in [0.5, 0.6) is 0 Å². The standard InChI is InChI=1S/C12H25NO2/c1-10(11(2)14-3)13-8-7-12-6-4-5-9-15-12/h10-13H,4-9H2,1-3H3. The topological polar surface area (TPSA) is 30.5 Å². The zero-order valence-electron chi connectivity index (χ0n) is 10.3. The molecule has 3 unspecified atom stereocenters. The molecule has 0 aliphatic carbocycles. The molecule has 0 aromatic rings. The molecule has 0 aromatic carbocycles. The molecule has 0 saturated carbocycles. The summed E-state index contributed by atoms with van der Waals surface area (Å²) in [4.78, 5) is 0. The van der Waals surface area contributed by atoms with Gasteiger partial charge >= 0.3 is 0 Å². The third-order valence-electron chi connectivity index (χ3n) is 3.28. The highest BCUT2D eigenvalue weighted by Gasteiger charge is 2.15. The van der Waals surface area contributed by atoms with Gasteiger partial charge in [0.2, 0.25) is 0 Å². The predicted molar refractivity (Wildman–Crippen MR) is 62.1 cm³/mol. The molecule has 1 heterocycles. The normalized spacial score (nSPS) is 26.2. The van der Waals surface area contributed by atoms with Crippen LogP contribution in [0.15, 0.2) is 0 Å². The van der Waals surface area contributed by atoms with Crippen LogP contribution in [0.2, 0.25) is 0 Å². The molecule has 0 bridgehead atoms. The van der Waals surface area contributed by atoms with Crippen molar-refractivity contribution in [2.45, 2.75) is 57.8 Å². The molecule has 3 nitrogen and oxygen atoms in total. The Bertz CT molecular complexity index is 156. The fourth-order valence-corrected chi connectivity index (χ4v) is 1.88. The summed E-state index contributed by atoms with van der Waals surface area (Å²) in [6.07, 6.45) is 5.68. The SMILES string of the molecule is COC(C)C(C)NCCC1CCCCO1. The Balaban J connectivity index is 2.04. The van der Waals surface area contributed by atoms with Crippen LogP contribution in [0.1, 0.15) is 39.5 Å². The molecule has 0 amide bonds. The van der Waals surface area contributed by atoms with Crippen molar-refractivity contribution in [3.63, 3.8) is 0 Å². The Morgan fingerprint density at radius 2 is 2.20 bits per heavy atom. The lowest BCUT2D eigenvalue weighted by atomic mass is 10.1. The zero-order chi connectivity index (χ0) is 11.1. The molecule has 0 spiro atoms. The number of ether oxygens (including phenoxy) is 2. The first-order valence-electron chi connectivity index (χ1n) is 6.12. The molecule has 15 heavy (non-hydrogen) atoms. The fourth-order valence-electron chi connectivity index (χ4n) is 1.88. The first-order valence-corrected chi connectivity index (χ1v) is 6.12. The van der Waals surface area contributed by atoms with Gasteiger partial charge in [0.15, 0.2) is 0 Å². The minimum absolute atomic E-state index is 0.275. The lowest BCUT2D eigenvalue weighted by Gasteiger charge is -2.24. The third-order valence-corrected chi connectivity index (χ3v) is 3.28. The maximum Gasteiger partial charge on any atom is 0.0693 e. The van der Waals surface area contributed by atoms with Gasteiger partial charge in [-0.2, -0.15) is 0 Å². The van der Waals surface area contributed by atoms with E-state index < -0.39 is 0 Å². The van der Waals surface area contributed by atoms with Crippen LogP contribution in [-0.2, 0) is 9.47 Å². The summed E-state index contributed by atoms with van der Waals surface area (Å²) in [5.41, 5.74) is 0. The van der Waals surface area contributed by atoms with Crippen molar-refractivity contribution in [3.8, 4) is 0 Å². The largest absolute Gasteiger partial charge is 0.380 e. The molecule has 1 fully saturated rings. The first-order chi connectivity index (χ1) is 7.24. The Kier molecular flexibility index (Phi) is 6.22. The summed E-state index contributed by atoms with van der Waals surface area (Å²) in [5.74, 6) is 0. The molecule has 1 aliphatic rings. The van der Waals surface area contributed by atoms with Gasteiger partial charge in [-0.05, 0) is 46.1 Å². The van der Waals surface area contributed by atoms with Gasteiger partial charge in [-0.25, -0.2) is 0 Å². The Hall–Kier alpha value is -0.120. The monoisotopic (exact) mass is 215 g/mol. The second-order valence-corrected chi connectivity index (χ2v) is 4.46. The third kappa shape index (κ3) is 4.96. The van der Waals surface area contributed by atoms with Crippen LogP contribution in [0.3, 0.4) is 0 Å². The van der Waals surface area contributed by atoms with Gasteiger partial charge < -0.3 is 14.8 Å². The number of methoxy groups -OCH3 is 1. The average molecular weight is 215 g/mol. The van der Waals surface area contributed by atoms with Crippen molar-refractivity contribution in [2.75, 3.05) is 20.3 Å². The van der Waals surface area contributed by atoms with E-state index in [1.165, 1.54) is 19.3 Å². The van der Waals surface area contributed by atoms with E-state index >= 15 is 0 Å². The second-order valence-electron chi connectivity index (χ2n) is 4.46. The minimum atomic E-state index is 0.275. The highest BCUT2D eigenvalue weighted by Crippen LogP contribution is 2.14. The molecule has 3 heteroatoms. The summed E-state index contributed by atoms with van der Waals surface area (Å²) >= 11 is 0. The smallest absolute Gasteiger partial charge is 0.0693 e. The van der Waals surface area contributed by atoms with Crippen LogP contribution in [-0.4, -0.2) is 38.5 Å². The fraction of sp³-hybridized carbons (Fsp3) is 1.00. The summed E-state index contributed by atoms with van der Waals surface area (Å²) in [5, 5.41) is 3.48. The van der Waals surface area contributed by atoms with Crippen LogP contribution in [0.25, 0.3) is 0 Å². The van der Waals surface area contributed by atoms with Gasteiger partial charge in [0, 0.05) is 19.8 Å². The molecular weight excluding hydrogens is 190 g/mol. The quantitative estimate of drug-likeness (QED) is 0.734. The van der Waals surface area contributed by atoms with E-state index in [0.29, 0.717) is 12.1 Å². The van der Waals surface area contributed by atoms with E-state index in [4.69, 9.17) is 9.47 Å². The molecule has 1 rings (SSSR count). The number of hydrogen-bond acceptors (Lipinski definition) is 3. The van der Waals surface area contributed by atoms with Crippen molar-refractivity contribution in [1.29, 1.82) is 0 Å². The van der Waals surface area contributed by atoms with Crippen molar-refractivity contribution in [2.24, 2.45) is 0 Å². The maximum atomic E-state index is 5.68. The van der Waals surface area contributed by atoms with Gasteiger partial charge in [0.1, 0.15) is 0 Å². The minimum Gasteiger partial charge on any atom is -0.380 e. The van der Waals surface area contributed by atoms with E-state index in [0.717, 1.165) is 19.6 Å². The molecule has 1 N–H and O–H groups in total. The molecule has 90 valence electrons. The summed E-state index contributed by atoms with van der Waals surface area (Å²) in [7, 11) is 1.76. The summed E-state index contributed by atoms with van der Waals surface area (Å²) in [6.45, 7) is 6.24. The van der Waals surface area contributed by atoms with Crippen LogP contribution >= 0.6 is 0 Å². The van der Waals surface area contributed by atoms with Crippen LogP contribution in [0, 0.1) is 0 Å². The molecular formula is C12H25NO2. The van der Waals surface area contributed by atoms with Gasteiger partial charge in [-0.1, -0.05) is 0 Å². The lowest BCUT2D eigenvalue weighted by molar-refractivity contribution is 0.00989. The predicted octanol–water partition coefficient (Wildman–Crippen LogP) is 1.96. The van der Waals surface area contributed by atoms with Crippen LogP contribution < -0.4 is 5.32 Å². The van der Waals surface area contributed by atoms with Gasteiger partial charge in [0.25, 0.3) is 0 Å². The Labute approximate surface area is 93.5 Å². The zero-order valence-corrected chi connectivity index (χ0v) is 10.3.